The summed E-state index contributed by atoms with van der Waals surface area (Å²) >= 11 is 0. The molecule has 1 N–H and O–H groups in total. The van der Waals surface area contributed by atoms with Crippen molar-refractivity contribution in [3.8, 4) is 11.3 Å². The highest BCUT2D eigenvalue weighted by molar-refractivity contribution is 5.97. The number of rotatable bonds is 2. The van der Waals surface area contributed by atoms with E-state index in [0.29, 0.717) is 5.82 Å². The molecular weight excluding hydrogens is 274 g/mol. The summed E-state index contributed by atoms with van der Waals surface area (Å²) < 4.78 is 0. The molecule has 22 heavy (non-hydrogen) atoms. The van der Waals surface area contributed by atoms with Crippen molar-refractivity contribution in [2.75, 3.05) is 5.32 Å². The highest BCUT2D eigenvalue weighted by Gasteiger charge is 2.12. The molecule has 0 unspecified atom stereocenters. The number of hydrogen-bond acceptors (Lipinski definition) is 3. The van der Waals surface area contributed by atoms with Crippen LogP contribution < -0.4 is 5.32 Å². The van der Waals surface area contributed by atoms with Gasteiger partial charge in [-0.2, -0.15) is 0 Å². The Balaban J connectivity index is 2.31. The third-order valence-electron chi connectivity index (χ3n) is 3.76. The number of nitrogens with zero attached hydrogens (tertiary/aromatic N) is 2. The monoisotopic (exact) mass is 291 g/mol. The van der Waals surface area contributed by atoms with Crippen LogP contribution in [0.4, 0.5) is 5.82 Å². The second kappa shape index (κ2) is 5.56. The third-order valence-corrected chi connectivity index (χ3v) is 3.76. The molecule has 0 aliphatic heterocycles. The second-order valence-electron chi connectivity index (χ2n) is 5.35. The SMILES string of the molecule is CC(=O)Nc1cc2ncccc2c(-c2cccc(C)c2C)n1. The van der Waals surface area contributed by atoms with Gasteiger partial charge in [-0.15, -0.1) is 0 Å². The van der Waals surface area contributed by atoms with Crippen LogP contribution in [0.2, 0.25) is 0 Å². The van der Waals surface area contributed by atoms with Gasteiger partial charge in [0.15, 0.2) is 0 Å². The number of carbonyl (C=O) groups is 1. The Morgan fingerprint density at radius 2 is 1.95 bits per heavy atom. The van der Waals surface area contributed by atoms with Gasteiger partial charge >= 0.3 is 0 Å². The zero-order valence-corrected chi connectivity index (χ0v) is 12.8. The van der Waals surface area contributed by atoms with Crippen LogP contribution in [-0.2, 0) is 4.79 Å². The number of anilines is 1. The second-order valence-corrected chi connectivity index (χ2v) is 5.35. The van der Waals surface area contributed by atoms with Crippen molar-refractivity contribution in [2.45, 2.75) is 20.8 Å². The molecule has 4 nitrogen and oxygen atoms in total. The first-order valence-corrected chi connectivity index (χ1v) is 7.16. The predicted octanol–water partition coefficient (Wildman–Crippen LogP) is 3.87. The Labute approximate surface area is 129 Å². The van der Waals surface area contributed by atoms with E-state index in [1.54, 1.807) is 12.3 Å². The van der Waals surface area contributed by atoms with E-state index in [4.69, 9.17) is 0 Å². The third kappa shape index (κ3) is 2.55. The Hall–Kier alpha value is -2.75. The lowest BCUT2D eigenvalue weighted by atomic mass is 9.98. The number of carbonyl (C=O) groups excluding carboxylic acids is 1. The number of amides is 1. The van der Waals surface area contributed by atoms with Crippen LogP contribution in [0, 0.1) is 13.8 Å². The lowest BCUT2D eigenvalue weighted by Crippen LogP contribution is -2.08. The standard InChI is InChI=1S/C18H17N3O/c1-11-6-4-7-14(12(11)2)18-15-8-5-9-19-16(15)10-17(21-18)20-13(3)22/h4-10H,1-3H3,(H,20,21,22). The van der Waals surface area contributed by atoms with E-state index in [9.17, 15) is 4.79 Å². The van der Waals surface area contributed by atoms with Crippen LogP contribution in [-0.4, -0.2) is 15.9 Å². The molecule has 0 bridgehead atoms. The van der Waals surface area contributed by atoms with Crippen LogP contribution in [0.5, 0.6) is 0 Å². The smallest absolute Gasteiger partial charge is 0.222 e. The summed E-state index contributed by atoms with van der Waals surface area (Å²) in [5.41, 5.74) is 5.11. The van der Waals surface area contributed by atoms with Gasteiger partial charge in [-0.05, 0) is 37.1 Å². The van der Waals surface area contributed by atoms with E-state index in [1.807, 2.05) is 18.2 Å². The first-order chi connectivity index (χ1) is 10.6. The van der Waals surface area contributed by atoms with Gasteiger partial charge in [0, 0.05) is 30.1 Å². The van der Waals surface area contributed by atoms with Crippen molar-refractivity contribution in [2.24, 2.45) is 0 Å². The van der Waals surface area contributed by atoms with Gasteiger partial charge in [-0.3, -0.25) is 9.78 Å². The minimum atomic E-state index is -0.144. The zero-order chi connectivity index (χ0) is 15.7. The molecule has 110 valence electrons. The van der Waals surface area contributed by atoms with E-state index in [1.165, 1.54) is 18.1 Å². The molecule has 4 heteroatoms. The normalized spacial score (nSPS) is 10.7. The molecule has 0 aliphatic carbocycles. The number of benzene rings is 1. The Kier molecular flexibility index (Phi) is 3.59. The van der Waals surface area contributed by atoms with Crippen LogP contribution >= 0.6 is 0 Å². The fourth-order valence-electron chi connectivity index (χ4n) is 2.53. The summed E-state index contributed by atoms with van der Waals surface area (Å²) in [5.74, 6) is 0.379. The predicted molar refractivity (Wildman–Crippen MR) is 88.8 cm³/mol. The molecule has 0 saturated carbocycles. The minimum absolute atomic E-state index is 0.144. The largest absolute Gasteiger partial charge is 0.311 e. The van der Waals surface area contributed by atoms with Gasteiger partial charge in [-0.25, -0.2) is 4.98 Å². The van der Waals surface area contributed by atoms with Crippen molar-refractivity contribution >= 4 is 22.6 Å². The molecule has 0 atom stereocenters. The average molecular weight is 291 g/mol. The summed E-state index contributed by atoms with van der Waals surface area (Å²) in [4.78, 5) is 20.4. The first kappa shape index (κ1) is 14.2. The topological polar surface area (TPSA) is 54.9 Å². The quantitative estimate of drug-likeness (QED) is 0.779. The van der Waals surface area contributed by atoms with E-state index >= 15 is 0 Å². The summed E-state index contributed by atoms with van der Waals surface area (Å²) in [6.45, 7) is 5.64. The molecule has 3 rings (SSSR count). The maximum absolute atomic E-state index is 11.3. The summed E-state index contributed by atoms with van der Waals surface area (Å²) in [6.07, 6.45) is 1.74. The maximum Gasteiger partial charge on any atom is 0.222 e. The fourth-order valence-corrected chi connectivity index (χ4v) is 2.53. The number of fused-ring (bicyclic) bond motifs is 1. The average Bonchev–Trinajstić information content (AvgIpc) is 2.49. The number of pyridine rings is 2. The molecule has 1 amide bonds. The van der Waals surface area contributed by atoms with Crippen LogP contribution in [0.15, 0.2) is 42.6 Å². The Bertz CT molecular complexity index is 871. The van der Waals surface area contributed by atoms with E-state index in [0.717, 1.165) is 22.2 Å². The van der Waals surface area contributed by atoms with E-state index in [-0.39, 0.29) is 5.91 Å². The van der Waals surface area contributed by atoms with Gasteiger partial charge in [0.1, 0.15) is 5.82 Å². The summed E-state index contributed by atoms with van der Waals surface area (Å²) in [6, 6.07) is 11.9. The number of aryl methyl sites for hydroxylation is 1. The molecule has 2 heterocycles. The minimum Gasteiger partial charge on any atom is -0.311 e. The van der Waals surface area contributed by atoms with E-state index < -0.39 is 0 Å². The molecule has 0 spiro atoms. The Morgan fingerprint density at radius 3 is 2.73 bits per heavy atom. The molecule has 0 saturated heterocycles. The van der Waals surface area contributed by atoms with Gasteiger partial charge < -0.3 is 5.32 Å². The van der Waals surface area contributed by atoms with Crippen LogP contribution in [0.3, 0.4) is 0 Å². The number of aromatic nitrogens is 2. The molecule has 2 aromatic heterocycles. The fraction of sp³-hybridized carbons (Fsp3) is 0.167. The lowest BCUT2D eigenvalue weighted by molar-refractivity contribution is -0.114. The van der Waals surface area contributed by atoms with Crippen molar-refractivity contribution < 1.29 is 4.79 Å². The summed E-state index contributed by atoms with van der Waals surface area (Å²) in [7, 11) is 0. The Morgan fingerprint density at radius 1 is 1.14 bits per heavy atom. The molecule has 0 aliphatic rings. The molecule has 1 aromatic carbocycles. The van der Waals surface area contributed by atoms with Gasteiger partial charge in [0.25, 0.3) is 0 Å². The lowest BCUT2D eigenvalue weighted by Gasteiger charge is -2.12. The molecular formula is C18H17N3O. The van der Waals surface area contributed by atoms with E-state index in [2.05, 4.69) is 41.3 Å². The molecule has 0 fully saturated rings. The summed E-state index contributed by atoms with van der Waals surface area (Å²) in [5, 5.41) is 3.73. The molecule has 0 radical (unpaired) electrons. The maximum atomic E-state index is 11.3. The highest BCUT2D eigenvalue weighted by atomic mass is 16.1. The highest BCUT2D eigenvalue weighted by Crippen LogP contribution is 2.31. The van der Waals surface area contributed by atoms with Gasteiger partial charge in [0.05, 0.1) is 11.2 Å². The van der Waals surface area contributed by atoms with Crippen molar-refractivity contribution in [3.63, 3.8) is 0 Å². The first-order valence-electron chi connectivity index (χ1n) is 7.16. The van der Waals surface area contributed by atoms with Gasteiger partial charge in [0.2, 0.25) is 5.91 Å². The van der Waals surface area contributed by atoms with Crippen molar-refractivity contribution in [3.05, 3.63) is 53.7 Å². The van der Waals surface area contributed by atoms with Crippen LogP contribution in [0.1, 0.15) is 18.1 Å². The molecule has 3 aromatic rings. The van der Waals surface area contributed by atoms with Crippen molar-refractivity contribution in [1.29, 1.82) is 0 Å². The zero-order valence-electron chi connectivity index (χ0n) is 12.8. The van der Waals surface area contributed by atoms with Crippen molar-refractivity contribution in [1.82, 2.24) is 9.97 Å². The van der Waals surface area contributed by atoms with Gasteiger partial charge in [-0.1, -0.05) is 18.2 Å². The number of hydrogen-bond donors (Lipinski definition) is 1. The van der Waals surface area contributed by atoms with Crippen LogP contribution in [0.25, 0.3) is 22.2 Å². The number of nitrogens with one attached hydrogen (secondary N) is 1.